The predicted octanol–water partition coefficient (Wildman–Crippen LogP) is 3.52. The average molecular weight is 352 g/mol. The van der Waals surface area contributed by atoms with Gasteiger partial charge in [-0.3, -0.25) is 9.69 Å². The molecule has 2 unspecified atom stereocenters. The molecular formula is C19H26ClNO3. The minimum Gasteiger partial charge on any atom is -0.465 e. The number of rotatable bonds is 7. The van der Waals surface area contributed by atoms with Crippen molar-refractivity contribution in [3.8, 4) is 0 Å². The number of aliphatic hydroxyl groups excluding tert-OH is 1. The van der Waals surface area contributed by atoms with Crippen molar-refractivity contribution in [2.45, 2.75) is 44.8 Å². The Balaban J connectivity index is 1.83. The second-order valence-electron chi connectivity index (χ2n) is 6.07. The van der Waals surface area contributed by atoms with Crippen LogP contribution in [0, 0.1) is 0 Å². The lowest BCUT2D eigenvalue weighted by Gasteiger charge is -2.34. The molecule has 0 aliphatic carbocycles. The van der Waals surface area contributed by atoms with Gasteiger partial charge in [-0.05, 0) is 50.4 Å². The average Bonchev–Trinajstić information content (AvgIpc) is 2.60. The molecular weight excluding hydrogens is 326 g/mol. The number of ether oxygens (including phenoxy) is 1. The van der Waals surface area contributed by atoms with Crippen molar-refractivity contribution >= 4 is 23.6 Å². The molecule has 1 saturated heterocycles. The maximum Gasteiger partial charge on any atom is 0.323 e. The summed E-state index contributed by atoms with van der Waals surface area (Å²) in [5.74, 6) is -0.136. The summed E-state index contributed by atoms with van der Waals surface area (Å²) in [5.41, 5.74) is 1.00. The van der Waals surface area contributed by atoms with E-state index in [4.69, 9.17) is 16.3 Å². The van der Waals surface area contributed by atoms with E-state index in [1.165, 1.54) is 0 Å². The van der Waals surface area contributed by atoms with Crippen LogP contribution < -0.4 is 0 Å². The van der Waals surface area contributed by atoms with E-state index in [1.54, 1.807) is 6.08 Å². The first-order chi connectivity index (χ1) is 11.6. The van der Waals surface area contributed by atoms with Gasteiger partial charge in [0.15, 0.2) is 0 Å². The van der Waals surface area contributed by atoms with Crippen molar-refractivity contribution < 1.29 is 14.6 Å². The summed E-state index contributed by atoms with van der Waals surface area (Å²) in [5, 5.41) is 10.9. The van der Waals surface area contributed by atoms with Crippen molar-refractivity contribution in [3.63, 3.8) is 0 Å². The van der Waals surface area contributed by atoms with Crippen LogP contribution in [0.3, 0.4) is 0 Å². The minimum absolute atomic E-state index is 0.136. The number of piperidine rings is 1. The topological polar surface area (TPSA) is 49.8 Å². The van der Waals surface area contributed by atoms with E-state index < -0.39 is 6.10 Å². The van der Waals surface area contributed by atoms with E-state index in [-0.39, 0.29) is 12.0 Å². The number of esters is 1. The van der Waals surface area contributed by atoms with Crippen LogP contribution in [-0.2, 0) is 9.53 Å². The number of carbonyl (C=O) groups excluding carboxylic acids is 1. The van der Waals surface area contributed by atoms with Crippen LogP contribution in [0.4, 0.5) is 0 Å². The van der Waals surface area contributed by atoms with Gasteiger partial charge in [-0.1, -0.05) is 42.3 Å². The van der Waals surface area contributed by atoms with Gasteiger partial charge in [0, 0.05) is 11.6 Å². The van der Waals surface area contributed by atoms with Gasteiger partial charge in [-0.2, -0.15) is 0 Å². The molecule has 5 heteroatoms. The maximum atomic E-state index is 12.0. The van der Waals surface area contributed by atoms with Gasteiger partial charge >= 0.3 is 5.97 Å². The minimum atomic E-state index is -0.537. The number of carbonyl (C=O) groups is 1. The summed E-state index contributed by atoms with van der Waals surface area (Å²) in [6, 6.07) is 7.31. The number of aliphatic hydroxyl groups is 1. The number of likely N-dealkylation sites (tertiary alicyclic amines) is 1. The molecule has 1 aromatic rings. The van der Waals surface area contributed by atoms with Crippen molar-refractivity contribution in [1.29, 1.82) is 0 Å². The zero-order chi connectivity index (χ0) is 17.4. The van der Waals surface area contributed by atoms with Crippen LogP contribution in [0.25, 0.3) is 6.08 Å². The summed E-state index contributed by atoms with van der Waals surface area (Å²) in [6.07, 6.45) is 6.72. The number of hydrogen-bond acceptors (Lipinski definition) is 4. The van der Waals surface area contributed by atoms with Crippen molar-refractivity contribution in [3.05, 3.63) is 40.9 Å². The molecule has 0 bridgehead atoms. The Labute approximate surface area is 149 Å². The molecule has 1 N–H and O–H groups in total. The van der Waals surface area contributed by atoms with Crippen molar-refractivity contribution in [2.75, 3.05) is 19.7 Å². The van der Waals surface area contributed by atoms with Gasteiger partial charge in [0.05, 0.1) is 12.7 Å². The van der Waals surface area contributed by atoms with E-state index >= 15 is 0 Å². The molecule has 0 aromatic heterocycles. The van der Waals surface area contributed by atoms with Crippen LogP contribution in [0.2, 0.25) is 5.02 Å². The fraction of sp³-hybridized carbons (Fsp3) is 0.526. The van der Waals surface area contributed by atoms with Crippen LogP contribution >= 0.6 is 11.6 Å². The molecule has 1 heterocycles. The molecule has 1 aliphatic rings. The quantitative estimate of drug-likeness (QED) is 0.763. The third kappa shape index (κ3) is 5.93. The fourth-order valence-electron chi connectivity index (χ4n) is 2.95. The first kappa shape index (κ1) is 19.0. The molecule has 0 spiro atoms. The second-order valence-corrected chi connectivity index (χ2v) is 6.50. The summed E-state index contributed by atoms with van der Waals surface area (Å²) in [4.78, 5) is 14.2. The lowest BCUT2D eigenvalue weighted by molar-refractivity contribution is -0.151. The molecule has 0 radical (unpaired) electrons. The Hall–Kier alpha value is -1.36. The molecule has 2 atom stereocenters. The van der Waals surface area contributed by atoms with E-state index in [1.807, 2.05) is 37.3 Å². The third-order valence-electron chi connectivity index (χ3n) is 4.27. The Kier molecular flexibility index (Phi) is 7.76. The van der Waals surface area contributed by atoms with Crippen LogP contribution in [0.5, 0.6) is 0 Å². The van der Waals surface area contributed by atoms with Gasteiger partial charge < -0.3 is 9.84 Å². The molecule has 1 fully saturated rings. The lowest BCUT2D eigenvalue weighted by Crippen LogP contribution is -2.46. The van der Waals surface area contributed by atoms with E-state index in [9.17, 15) is 9.90 Å². The van der Waals surface area contributed by atoms with Gasteiger partial charge in [0.1, 0.15) is 6.04 Å². The Morgan fingerprint density at radius 3 is 2.88 bits per heavy atom. The van der Waals surface area contributed by atoms with Crippen LogP contribution in [0.15, 0.2) is 30.3 Å². The number of hydrogen-bond donors (Lipinski definition) is 1. The van der Waals surface area contributed by atoms with Gasteiger partial charge in [-0.25, -0.2) is 0 Å². The summed E-state index contributed by atoms with van der Waals surface area (Å²) in [6.45, 7) is 3.82. The number of halogens is 1. The molecule has 24 heavy (non-hydrogen) atoms. The predicted molar refractivity (Wildman–Crippen MR) is 97.0 cm³/mol. The largest absolute Gasteiger partial charge is 0.465 e. The maximum absolute atomic E-state index is 12.0. The van der Waals surface area contributed by atoms with Gasteiger partial charge in [0.25, 0.3) is 0 Å². The Morgan fingerprint density at radius 2 is 2.17 bits per heavy atom. The number of nitrogens with zero attached hydrogens (tertiary/aromatic N) is 1. The number of benzene rings is 1. The first-order valence-electron chi connectivity index (χ1n) is 8.62. The summed E-state index contributed by atoms with van der Waals surface area (Å²) >= 11 is 5.85. The monoisotopic (exact) mass is 351 g/mol. The van der Waals surface area contributed by atoms with Gasteiger partial charge in [0.2, 0.25) is 0 Å². The highest BCUT2D eigenvalue weighted by molar-refractivity contribution is 6.30. The third-order valence-corrected chi connectivity index (χ3v) is 4.52. The van der Waals surface area contributed by atoms with E-state index in [2.05, 4.69) is 4.90 Å². The highest BCUT2D eigenvalue weighted by Crippen LogP contribution is 2.19. The first-order valence-corrected chi connectivity index (χ1v) is 9.00. The molecule has 0 amide bonds. The molecule has 132 valence electrons. The van der Waals surface area contributed by atoms with E-state index in [0.29, 0.717) is 24.6 Å². The summed E-state index contributed by atoms with van der Waals surface area (Å²) in [7, 11) is 0. The van der Waals surface area contributed by atoms with Crippen molar-refractivity contribution in [1.82, 2.24) is 4.90 Å². The van der Waals surface area contributed by atoms with E-state index in [0.717, 1.165) is 31.4 Å². The molecule has 1 aliphatic heterocycles. The molecule has 4 nitrogen and oxygen atoms in total. The molecule has 2 rings (SSSR count). The fourth-order valence-corrected chi connectivity index (χ4v) is 3.08. The standard InChI is InChI=1S/C19H26ClNO3/c1-2-24-19(23)18-5-3-4-13-21(18)14-12-17(22)11-8-15-6-9-16(20)10-7-15/h6-11,17-18,22H,2-5,12-14H2,1H3. The second kappa shape index (κ2) is 9.82. The Morgan fingerprint density at radius 1 is 1.42 bits per heavy atom. The van der Waals surface area contributed by atoms with Crippen molar-refractivity contribution in [2.24, 2.45) is 0 Å². The molecule has 0 saturated carbocycles. The lowest BCUT2D eigenvalue weighted by atomic mass is 10.0. The Bertz CT molecular complexity index is 544. The van der Waals surface area contributed by atoms with Gasteiger partial charge in [-0.15, -0.1) is 0 Å². The normalized spacial score (nSPS) is 20.2. The highest BCUT2D eigenvalue weighted by Gasteiger charge is 2.29. The smallest absolute Gasteiger partial charge is 0.323 e. The zero-order valence-corrected chi connectivity index (χ0v) is 14.9. The molecule has 1 aromatic carbocycles. The zero-order valence-electron chi connectivity index (χ0n) is 14.2. The summed E-state index contributed by atoms with van der Waals surface area (Å²) < 4.78 is 5.17. The highest BCUT2D eigenvalue weighted by atomic mass is 35.5. The van der Waals surface area contributed by atoms with Crippen LogP contribution in [-0.4, -0.2) is 47.8 Å². The van der Waals surface area contributed by atoms with Crippen LogP contribution in [0.1, 0.15) is 38.2 Å². The SMILES string of the molecule is CCOC(=O)C1CCCCN1CCC(O)C=Cc1ccc(Cl)cc1.